The van der Waals surface area contributed by atoms with Gasteiger partial charge in [0.1, 0.15) is 0 Å². The van der Waals surface area contributed by atoms with E-state index in [1.165, 1.54) is 11.3 Å². The average molecular weight is 412 g/mol. The molecule has 3 aromatic rings. The third-order valence-corrected chi connectivity index (χ3v) is 5.91. The lowest BCUT2D eigenvalue weighted by atomic mass is 10.0. The van der Waals surface area contributed by atoms with Gasteiger partial charge in [-0.1, -0.05) is 12.1 Å². The van der Waals surface area contributed by atoms with E-state index in [0.29, 0.717) is 24.2 Å². The van der Waals surface area contributed by atoms with E-state index in [-0.39, 0.29) is 11.8 Å². The van der Waals surface area contributed by atoms with Crippen molar-refractivity contribution in [1.82, 2.24) is 9.88 Å². The highest BCUT2D eigenvalue weighted by Crippen LogP contribution is 2.34. The number of carbonyl (C=O) groups is 2. The van der Waals surface area contributed by atoms with Gasteiger partial charge in [-0.05, 0) is 61.0 Å². The lowest BCUT2D eigenvalue weighted by Crippen LogP contribution is -2.48. The Balaban J connectivity index is 1.33. The maximum Gasteiger partial charge on any atom is 0.256 e. The van der Waals surface area contributed by atoms with E-state index >= 15 is 0 Å². The Labute approximate surface area is 181 Å². The molecule has 2 aliphatic rings. The highest BCUT2D eigenvalue weighted by Gasteiger charge is 2.27. The van der Waals surface area contributed by atoms with E-state index in [1.54, 1.807) is 6.07 Å². The number of hydrogen-bond acceptors (Lipinski definition) is 3. The fourth-order valence-corrected chi connectivity index (χ4v) is 4.23. The zero-order valence-corrected chi connectivity index (χ0v) is 17.4. The van der Waals surface area contributed by atoms with E-state index < -0.39 is 0 Å². The van der Waals surface area contributed by atoms with Crippen LogP contribution in [-0.4, -0.2) is 47.9 Å². The predicted octanol–water partition coefficient (Wildman–Crippen LogP) is 3.78. The van der Waals surface area contributed by atoms with Crippen molar-refractivity contribution >= 4 is 34.8 Å². The first kappa shape index (κ1) is 19.2. The molecule has 2 N–H and O–H groups in total. The summed E-state index contributed by atoms with van der Waals surface area (Å²) in [6, 6.07) is 17.7. The molecule has 1 saturated heterocycles. The van der Waals surface area contributed by atoms with Crippen molar-refractivity contribution in [2.75, 3.05) is 36.4 Å². The summed E-state index contributed by atoms with van der Waals surface area (Å²) in [7, 11) is 0. The minimum Gasteiger partial charge on any atom is -0.368 e. The number of aryl methyl sites for hydroxylation is 1. The Hall–Kier alpha value is -3.80. The molecule has 0 unspecified atom stereocenters. The van der Waals surface area contributed by atoms with Crippen molar-refractivity contribution in [2.24, 2.45) is 0 Å². The van der Waals surface area contributed by atoms with Crippen LogP contribution in [0.25, 0.3) is 11.6 Å². The fourth-order valence-electron chi connectivity index (χ4n) is 4.23. The third-order valence-electron chi connectivity index (χ3n) is 5.91. The largest absolute Gasteiger partial charge is 0.368 e. The fraction of sp³-hybridized carbons (Fsp3) is 0.200. The van der Waals surface area contributed by atoms with Gasteiger partial charge in [-0.25, -0.2) is 0 Å². The second-order valence-electron chi connectivity index (χ2n) is 8.02. The van der Waals surface area contributed by atoms with Crippen LogP contribution in [0.1, 0.15) is 27.2 Å². The molecule has 0 radical (unpaired) electrons. The molecular weight excluding hydrogens is 388 g/mol. The predicted molar refractivity (Wildman–Crippen MR) is 123 cm³/mol. The summed E-state index contributed by atoms with van der Waals surface area (Å²) < 4.78 is 0. The molecule has 0 aliphatic carbocycles. The van der Waals surface area contributed by atoms with E-state index in [0.717, 1.165) is 30.0 Å². The van der Waals surface area contributed by atoms with Crippen molar-refractivity contribution < 1.29 is 9.59 Å². The van der Waals surface area contributed by atoms with E-state index in [4.69, 9.17) is 0 Å². The van der Waals surface area contributed by atoms with Crippen molar-refractivity contribution in [3.05, 3.63) is 83.2 Å². The van der Waals surface area contributed by atoms with E-state index in [1.807, 2.05) is 41.4 Å². The molecule has 156 valence electrons. The standard InChI is InChI=1S/C25H24N4O2/c1-17-4-2-6-20(14-17)28-10-12-29(13-11-28)25(31)18-7-8-23-21(15-18)22(24(30)27-23)16-19-5-3-9-26-19/h2-9,14-16,26H,10-13H2,1H3,(H,27,30)/b22-16-. The molecule has 5 rings (SSSR count). The van der Waals surface area contributed by atoms with Gasteiger partial charge in [0.15, 0.2) is 0 Å². The average Bonchev–Trinajstić information content (AvgIpc) is 3.41. The Morgan fingerprint density at radius 3 is 2.58 bits per heavy atom. The Morgan fingerprint density at radius 2 is 1.84 bits per heavy atom. The molecule has 0 atom stereocenters. The van der Waals surface area contributed by atoms with Gasteiger partial charge in [-0.2, -0.15) is 0 Å². The zero-order chi connectivity index (χ0) is 21.4. The van der Waals surface area contributed by atoms with Crippen molar-refractivity contribution in [1.29, 1.82) is 0 Å². The summed E-state index contributed by atoms with van der Waals surface area (Å²) in [6.07, 6.45) is 3.63. The van der Waals surface area contributed by atoms with Crippen LogP contribution in [0.5, 0.6) is 0 Å². The first-order valence-corrected chi connectivity index (χ1v) is 10.5. The first-order valence-electron chi connectivity index (χ1n) is 10.5. The molecule has 1 fully saturated rings. The normalized spacial score (nSPS) is 17.1. The van der Waals surface area contributed by atoms with Crippen molar-refractivity contribution in [2.45, 2.75) is 6.92 Å². The Kier molecular flexibility index (Phi) is 4.82. The minimum atomic E-state index is -0.152. The Morgan fingerprint density at radius 1 is 1.00 bits per heavy atom. The van der Waals surface area contributed by atoms with Crippen molar-refractivity contribution in [3.8, 4) is 0 Å². The molecule has 0 saturated carbocycles. The van der Waals surface area contributed by atoms with Crippen LogP contribution in [0.2, 0.25) is 0 Å². The number of aromatic amines is 1. The maximum atomic E-state index is 13.2. The second-order valence-corrected chi connectivity index (χ2v) is 8.02. The summed E-state index contributed by atoms with van der Waals surface area (Å²) >= 11 is 0. The van der Waals surface area contributed by atoms with Crippen LogP contribution in [-0.2, 0) is 4.79 Å². The molecule has 2 amide bonds. The topological polar surface area (TPSA) is 68.4 Å². The van der Waals surface area contributed by atoms with Gasteiger partial charge < -0.3 is 20.1 Å². The van der Waals surface area contributed by atoms with Gasteiger partial charge in [0.2, 0.25) is 0 Å². The maximum absolute atomic E-state index is 13.2. The van der Waals surface area contributed by atoms with Crippen LogP contribution in [0.4, 0.5) is 11.4 Å². The van der Waals surface area contributed by atoms with Gasteiger partial charge in [0.05, 0.1) is 5.57 Å². The highest BCUT2D eigenvalue weighted by atomic mass is 16.2. The van der Waals surface area contributed by atoms with Gasteiger partial charge >= 0.3 is 0 Å². The lowest BCUT2D eigenvalue weighted by Gasteiger charge is -2.36. The van der Waals surface area contributed by atoms with Crippen molar-refractivity contribution in [3.63, 3.8) is 0 Å². The van der Waals surface area contributed by atoms with Crippen LogP contribution in [0, 0.1) is 6.92 Å². The van der Waals surface area contributed by atoms with Crippen LogP contribution < -0.4 is 10.2 Å². The lowest BCUT2D eigenvalue weighted by molar-refractivity contribution is -0.110. The molecule has 0 bridgehead atoms. The number of nitrogens with zero attached hydrogens (tertiary/aromatic N) is 2. The Bertz CT molecular complexity index is 1170. The number of anilines is 2. The number of piperazine rings is 1. The van der Waals surface area contributed by atoms with Gasteiger partial charge in [0, 0.05) is 60.6 Å². The number of fused-ring (bicyclic) bond motifs is 1. The number of aromatic nitrogens is 1. The van der Waals surface area contributed by atoms with E-state index in [2.05, 4.69) is 46.4 Å². The van der Waals surface area contributed by atoms with Gasteiger partial charge in [-0.3, -0.25) is 9.59 Å². The molecule has 0 spiro atoms. The third kappa shape index (κ3) is 3.72. The molecule has 31 heavy (non-hydrogen) atoms. The molecule has 1 aromatic heterocycles. The van der Waals surface area contributed by atoms with Gasteiger partial charge in [-0.15, -0.1) is 0 Å². The quantitative estimate of drug-likeness (QED) is 0.644. The summed E-state index contributed by atoms with van der Waals surface area (Å²) in [4.78, 5) is 32.9. The number of benzene rings is 2. The molecule has 6 heteroatoms. The molecule has 3 heterocycles. The van der Waals surface area contributed by atoms with Gasteiger partial charge in [0.25, 0.3) is 11.8 Å². The van der Waals surface area contributed by atoms with Crippen LogP contribution in [0.3, 0.4) is 0 Å². The summed E-state index contributed by atoms with van der Waals surface area (Å²) in [5, 5.41) is 2.88. The molecule has 6 nitrogen and oxygen atoms in total. The number of nitrogens with one attached hydrogen (secondary N) is 2. The monoisotopic (exact) mass is 412 g/mol. The summed E-state index contributed by atoms with van der Waals surface area (Å²) in [6.45, 7) is 5.05. The number of H-pyrrole nitrogens is 1. The SMILES string of the molecule is Cc1cccc(N2CCN(C(=O)c3ccc4c(c3)/C(=C/c3ccc[nH]3)C(=O)N4)CC2)c1. The molecule has 2 aromatic carbocycles. The first-order chi connectivity index (χ1) is 15.1. The van der Waals surface area contributed by atoms with Crippen LogP contribution >= 0.6 is 0 Å². The second kappa shape index (κ2) is 7.80. The van der Waals surface area contributed by atoms with E-state index in [9.17, 15) is 9.59 Å². The molecule has 2 aliphatic heterocycles. The number of rotatable bonds is 3. The number of carbonyl (C=O) groups excluding carboxylic acids is 2. The smallest absolute Gasteiger partial charge is 0.256 e. The highest BCUT2D eigenvalue weighted by molar-refractivity contribution is 6.35. The summed E-state index contributed by atoms with van der Waals surface area (Å²) in [5.74, 6) is -0.147. The van der Waals surface area contributed by atoms with Crippen LogP contribution in [0.15, 0.2) is 60.8 Å². The number of amides is 2. The minimum absolute atomic E-state index is 0.00487. The zero-order valence-electron chi connectivity index (χ0n) is 17.4. The number of hydrogen-bond donors (Lipinski definition) is 2. The summed E-state index contributed by atoms with van der Waals surface area (Å²) in [5.41, 5.74) is 5.97. The molecular formula is C25H24N4O2.